The zero-order chi connectivity index (χ0) is 18.5. The van der Waals surface area contributed by atoms with Crippen LogP contribution in [0.2, 0.25) is 0 Å². The molecule has 0 aliphatic carbocycles. The molecule has 0 saturated carbocycles. The van der Waals surface area contributed by atoms with Crippen molar-refractivity contribution < 1.29 is 14.3 Å². The third kappa shape index (κ3) is 5.14. The molecule has 1 aromatic carbocycles. The smallest absolute Gasteiger partial charge is 0.227 e. The lowest BCUT2D eigenvalue weighted by Crippen LogP contribution is -2.28. The molecule has 1 aliphatic heterocycles. The third-order valence-electron chi connectivity index (χ3n) is 4.65. The Hall–Kier alpha value is -2.25. The van der Waals surface area contributed by atoms with Crippen molar-refractivity contribution in [2.75, 3.05) is 26.1 Å². The van der Waals surface area contributed by atoms with Crippen LogP contribution in [0, 0.1) is 6.92 Å². The molecule has 2 heterocycles. The molecule has 0 bridgehead atoms. The summed E-state index contributed by atoms with van der Waals surface area (Å²) in [4.78, 5) is 12.4. The monoisotopic (exact) mass is 394 g/mol. The van der Waals surface area contributed by atoms with Crippen molar-refractivity contribution >= 4 is 24.1 Å². The van der Waals surface area contributed by atoms with Crippen molar-refractivity contribution in [3.8, 4) is 11.5 Å². The molecule has 1 unspecified atom stereocenters. The number of halogens is 1. The zero-order valence-electron chi connectivity index (χ0n) is 15.9. The molecular formula is C19H27ClN4O3. The molecule has 148 valence electrons. The van der Waals surface area contributed by atoms with E-state index in [4.69, 9.17) is 9.47 Å². The number of amides is 1. The van der Waals surface area contributed by atoms with Crippen LogP contribution in [0.3, 0.4) is 0 Å². The minimum Gasteiger partial charge on any atom is -0.493 e. The quantitative estimate of drug-likeness (QED) is 0.755. The van der Waals surface area contributed by atoms with E-state index in [2.05, 4.69) is 15.7 Å². The van der Waals surface area contributed by atoms with Gasteiger partial charge in [-0.1, -0.05) is 6.07 Å². The first-order valence-corrected chi connectivity index (χ1v) is 8.87. The first kappa shape index (κ1) is 21.1. The van der Waals surface area contributed by atoms with Gasteiger partial charge in [0.1, 0.15) is 5.82 Å². The first-order valence-electron chi connectivity index (χ1n) is 8.87. The van der Waals surface area contributed by atoms with Crippen LogP contribution in [0.1, 0.15) is 30.4 Å². The van der Waals surface area contributed by atoms with Crippen LogP contribution in [0.4, 0.5) is 5.82 Å². The van der Waals surface area contributed by atoms with Crippen LogP contribution in [0.25, 0.3) is 0 Å². The summed E-state index contributed by atoms with van der Waals surface area (Å²) in [6, 6.07) is 6.03. The molecule has 0 spiro atoms. The van der Waals surface area contributed by atoms with E-state index in [0.29, 0.717) is 24.5 Å². The summed E-state index contributed by atoms with van der Waals surface area (Å²) in [5, 5.41) is 10.8. The SMILES string of the molecule is COc1ccc(Cn2ncc(C)c2NC(=O)CC2CCCN2)cc1OC.Cl. The molecule has 1 fully saturated rings. The van der Waals surface area contributed by atoms with E-state index in [1.807, 2.05) is 25.1 Å². The van der Waals surface area contributed by atoms with Gasteiger partial charge in [0.25, 0.3) is 0 Å². The van der Waals surface area contributed by atoms with Crippen molar-refractivity contribution in [3.63, 3.8) is 0 Å². The predicted molar refractivity (Wildman–Crippen MR) is 107 cm³/mol. The molecule has 27 heavy (non-hydrogen) atoms. The van der Waals surface area contributed by atoms with Gasteiger partial charge in [-0.15, -0.1) is 12.4 Å². The summed E-state index contributed by atoms with van der Waals surface area (Å²) in [5.74, 6) is 2.11. The fourth-order valence-electron chi connectivity index (χ4n) is 3.25. The first-order chi connectivity index (χ1) is 12.6. The average molecular weight is 395 g/mol. The van der Waals surface area contributed by atoms with Crippen LogP contribution in [0.5, 0.6) is 11.5 Å². The second-order valence-corrected chi connectivity index (χ2v) is 6.57. The highest BCUT2D eigenvalue weighted by Gasteiger charge is 2.19. The molecule has 2 aromatic rings. The van der Waals surface area contributed by atoms with E-state index in [0.717, 1.165) is 36.3 Å². The van der Waals surface area contributed by atoms with E-state index in [1.165, 1.54) is 0 Å². The fourth-order valence-corrected chi connectivity index (χ4v) is 3.25. The van der Waals surface area contributed by atoms with E-state index < -0.39 is 0 Å². The molecular weight excluding hydrogens is 368 g/mol. The number of nitrogens with zero attached hydrogens (tertiary/aromatic N) is 2. The molecule has 1 amide bonds. The third-order valence-corrected chi connectivity index (χ3v) is 4.65. The van der Waals surface area contributed by atoms with E-state index in [1.54, 1.807) is 25.1 Å². The van der Waals surface area contributed by atoms with Crippen molar-refractivity contribution in [1.29, 1.82) is 0 Å². The van der Waals surface area contributed by atoms with Crippen molar-refractivity contribution in [2.45, 2.75) is 38.8 Å². The molecule has 1 atom stereocenters. The van der Waals surface area contributed by atoms with E-state index in [-0.39, 0.29) is 24.4 Å². The summed E-state index contributed by atoms with van der Waals surface area (Å²) >= 11 is 0. The summed E-state index contributed by atoms with van der Waals surface area (Å²) in [6.45, 7) is 3.47. The Labute approximate surface area is 165 Å². The Balaban J connectivity index is 0.00000261. The van der Waals surface area contributed by atoms with Crippen LogP contribution in [-0.2, 0) is 11.3 Å². The minimum atomic E-state index is 0. The summed E-state index contributed by atoms with van der Waals surface area (Å²) in [5.41, 5.74) is 1.96. The van der Waals surface area contributed by atoms with Crippen molar-refractivity contribution in [3.05, 3.63) is 35.5 Å². The molecule has 0 radical (unpaired) electrons. The maximum atomic E-state index is 12.4. The van der Waals surface area contributed by atoms with Crippen LogP contribution >= 0.6 is 12.4 Å². The molecule has 1 saturated heterocycles. The molecule has 3 rings (SSSR count). The minimum absolute atomic E-state index is 0. The van der Waals surface area contributed by atoms with Gasteiger partial charge in [0.2, 0.25) is 5.91 Å². The number of benzene rings is 1. The number of anilines is 1. The lowest BCUT2D eigenvalue weighted by Gasteiger charge is -2.14. The maximum Gasteiger partial charge on any atom is 0.227 e. The Kier molecular flexibility index (Phi) is 7.50. The molecule has 7 nitrogen and oxygen atoms in total. The van der Waals surface area contributed by atoms with Gasteiger partial charge in [-0.2, -0.15) is 5.10 Å². The molecule has 1 aromatic heterocycles. The summed E-state index contributed by atoms with van der Waals surface area (Å²) in [6.07, 6.45) is 4.44. The topological polar surface area (TPSA) is 77.4 Å². The van der Waals surface area contributed by atoms with Crippen molar-refractivity contribution in [2.24, 2.45) is 0 Å². The standard InChI is InChI=1S/C19H26N4O3.ClH/c1-13-11-21-23(12-14-6-7-16(25-2)17(9-14)26-3)19(13)22-18(24)10-15-5-4-8-20-15;/h6-7,9,11,15,20H,4-5,8,10,12H2,1-3H3,(H,22,24);1H. The molecule has 8 heteroatoms. The average Bonchev–Trinajstić information content (AvgIpc) is 3.26. The highest BCUT2D eigenvalue weighted by Crippen LogP contribution is 2.28. The number of aryl methyl sites for hydroxylation is 1. The highest BCUT2D eigenvalue weighted by molar-refractivity contribution is 5.91. The number of aromatic nitrogens is 2. The highest BCUT2D eigenvalue weighted by atomic mass is 35.5. The molecule has 2 N–H and O–H groups in total. The number of ether oxygens (including phenoxy) is 2. The second kappa shape index (κ2) is 9.62. The van der Waals surface area contributed by atoms with Gasteiger partial charge in [0.05, 0.1) is 27.0 Å². The fraction of sp³-hybridized carbons (Fsp3) is 0.474. The second-order valence-electron chi connectivity index (χ2n) is 6.57. The number of nitrogens with one attached hydrogen (secondary N) is 2. The Morgan fingerprint density at radius 2 is 2.11 bits per heavy atom. The number of rotatable bonds is 7. The Bertz CT molecular complexity index is 772. The predicted octanol–water partition coefficient (Wildman–Crippen LogP) is 2.76. The number of hydrogen-bond acceptors (Lipinski definition) is 5. The normalized spacial score (nSPS) is 15.9. The number of hydrogen-bond donors (Lipinski definition) is 2. The largest absolute Gasteiger partial charge is 0.493 e. The lowest BCUT2D eigenvalue weighted by molar-refractivity contribution is -0.116. The number of carbonyl (C=O) groups is 1. The van der Waals surface area contributed by atoms with Gasteiger partial charge in [-0.3, -0.25) is 4.79 Å². The van der Waals surface area contributed by atoms with Gasteiger partial charge in [-0.25, -0.2) is 4.68 Å². The van der Waals surface area contributed by atoms with Gasteiger partial charge >= 0.3 is 0 Å². The Morgan fingerprint density at radius 1 is 1.33 bits per heavy atom. The number of methoxy groups -OCH3 is 2. The summed E-state index contributed by atoms with van der Waals surface area (Å²) in [7, 11) is 3.23. The van der Waals surface area contributed by atoms with Gasteiger partial charge < -0.3 is 20.1 Å². The van der Waals surface area contributed by atoms with Crippen LogP contribution < -0.4 is 20.1 Å². The van der Waals surface area contributed by atoms with Gasteiger partial charge in [-0.05, 0) is 44.0 Å². The number of carbonyl (C=O) groups excluding carboxylic acids is 1. The van der Waals surface area contributed by atoms with Crippen LogP contribution in [0.15, 0.2) is 24.4 Å². The Morgan fingerprint density at radius 3 is 2.78 bits per heavy atom. The maximum absolute atomic E-state index is 12.4. The van der Waals surface area contributed by atoms with E-state index in [9.17, 15) is 4.79 Å². The van der Waals surface area contributed by atoms with Crippen LogP contribution in [-0.4, -0.2) is 42.5 Å². The van der Waals surface area contributed by atoms with Gasteiger partial charge in [0.15, 0.2) is 11.5 Å². The van der Waals surface area contributed by atoms with E-state index >= 15 is 0 Å². The molecule has 1 aliphatic rings. The zero-order valence-corrected chi connectivity index (χ0v) is 16.8. The van der Waals surface area contributed by atoms with Crippen molar-refractivity contribution in [1.82, 2.24) is 15.1 Å². The van der Waals surface area contributed by atoms with Gasteiger partial charge in [0, 0.05) is 18.0 Å². The summed E-state index contributed by atoms with van der Waals surface area (Å²) < 4.78 is 12.4. The lowest BCUT2D eigenvalue weighted by atomic mass is 10.1.